The summed E-state index contributed by atoms with van der Waals surface area (Å²) in [5.74, 6) is -0.787. The first kappa shape index (κ1) is 29.6. The van der Waals surface area contributed by atoms with E-state index >= 15 is 0 Å². The van der Waals surface area contributed by atoms with Crippen LogP contribution in [0.25, 0.3) is 0 Å². The summed E-state index contributed by atoms with van der Waals surface area (Å²) < 4.78 is 40.1. The topological polar surface area (TPSA) is 86.8 Å². The van der Waals surface area contributed by atoms with Crippen molar-refractivity contribution in [1.29, 1.82) is 0 Å². The molecule has 7 nitrogen and oxygen atoms in total. The Balaban J connectivity index is 1.77. The quantitative estimate of drug-likeness (QED) is 0.413. The highest BCUT2D eigenvalue weighted by molar-refractivity contribution is 7.92. The van der Waals surface area contributed by atoms with E-state index in [9.17, 15) is 22.4 Å². The number of aryl methyl sites for hydroxylation is 1. The number of hydrogen-bond acceptors (Lipinski definition) is 4. The number of carbonyl (C=O) groups is 2. The second-order valence-electron chi connectivity index (χ2n) is 10.2. The number of halogens is 1. The minimum absolute atomic E-state index is 0.0747. The van der Waals surface area contributed by atoms with Crippen LogP contribution in [-0.2, 0) is 26.2 Å². The molecular weight excluding hydrogens is 505 g/mol. The van der Waals surface area contributed by atoms with Crippen molar-refractivity contribution in [3.05, 3.63) is 65.0 Å². The van der Waals surface area contributed by atoms with Crippen LogP contribution in [-0.4, -0.2) is 50.0 Å². The SMILES string of the molecule is CCC(C(=O)NC1CCCC1)N(Cc1ccc(F)cc1)C(=O)CCCN(c1cccc(C)c1C)S(C)(=O)=O. The van der Waals surface area contributed by atoms with Gasteiger partial charge in [-0.1, -0.05) is 44.0 Å². The van der Waals surface area contributed by atoms with Crippen molar-refractivity contribution in [1.82, 2.24) is 10.2 Å². The molecular formula is C29H40FN3O4S. The monoisotopic (exact) mass is 545 g/mol. The number of carbonyl (C=O) groups excluding carboxylic acids is 2. The van der Waals surface area contributed by atoms with Gasteiger partial charge in [-0.3, -0.25) is 13.9 Å². The van der Waals surface area contributed by atoms with Gasteiger partial charge >= 0.3 is 0 Å². The van der Waals surface area contributed by atoms with Gasteiger partial charge in [-0.15, -0.1) is 0 Å². The molecule has 2 amide bonds. The minimum atomic E-state index is -3.57. The Bertz CT molecular complexity index is 1210. The number of nitrogens with one attached hydrogen (secondary N) is 1. The average molecular weight is 546 g/mol. The van der Waals surface area contributed by atoms with E-state index in [2.05, 4.69) is 5.32 Å². The fraction of sp³-hybridized carbons (Fsp3) is 0.517. The Morgan fingerprint density at radius 2 is 1.74 bits per heavy atom. The molecule has 38 heavy (non-hydrogen) atoms. The van der Waals surface area contributed by atoms with Crippen LogP contribution in [0.2, 0.25) is 0 Å². The maximum absolute atomic E-state index is 13.5. The van der Waals surface area contributed by atoms with Crippen LogP contribution in [0, 0.1) is 19.7 Å². The molecule has 1 unspecified atom stereocenters. The molecule has 0 heterocycles. The molecule has 0 radical (unpaired) electrons. The predicted octanol–water partition coefficient (Wildman–Crippen LogP) is 4.85. The first-order valence-electron chi connectivity index (χ1n) is 13.4. The van der Waals surface area contributed by atoms with Crippen molar-refractivity contribution in [3.8, 4) is 0 Å². The zero-order valence-corrected chi connectivity index (χ0v) is 23.7. The summed E-state index contributed by atoms with van der Waals surface area (Å²) in [6.45, 7) is 5.99. The molecule has 1 aliphatic rings. The summed E-state index contributed by atoms with van der Waals surface area (Å²) in [5, 5.41) is 3.11. The molecule has 2 aromatic rings. The zero-order valence-electron chi connectivity index (χ0n) is 22.9. The molecule has 1 fully saturated rings. The third-order valence-corrected chi connectivity index (χ3v) is 8.53. The first-order valence-corrected chi connectivity index (χ1v) is 15.2. The maximum atomic E-state index is 13.5. The van der Waals surface area contributed by atoms with Gasteiger partial charge in [-0.05, 0) is 74.4 Å². The van der Waals surface area contributed by atoms with E-state index in [1.165, 1.54) is 16.4 Å². The maximum Gasteiger partial charge on any atom is 0.243 e. The molecule has 0 bridgehead atoms. The number of nitrogens with zero attached hydrogens (tertiary/aromatic N) is 2. The van der Waals surface area contributed by atoms with Gasteiger partial charge in [0.05, 0.1) is 11.9 Å². The Kier molecular flexibility index (Phi) is 10.3. The van der Waals surface area contributed by atoms with Gasteiger partial charge in [0.25, 0.3) is 0 Å². The summed E-state index contributed by atoms with van der Waals surface area (Å²) in [6, 6.07) is 10.9. The Hall–Kier alpha value is -2.94. The molecule has 9 heteroatoms. The number of benzene rings is 2. The molecule has 1 saturated carbocycles. The van der Waals surface area contributed by atoms with Crippen LogP contribution >= 0.6 is 0 Å². The molecule has 0 aliphatic heterocycles. The molecule has 1 aliphatic carbocycles. The summed E-state index contributed by atoms with van der Waals surface area (Å²) >= 11 is 0. The summed E-state index contributed by atoms with van der Waals surface area (Å²) in [7, 11) is -3.57. The normalized spacial score (nSPS) is 14.8. The summed E-state index contributed by atoms with van der Waals surface area (Å²) in [6.07, 6.45) is 6.00. The van der Waals surface area contributed by atoms with Gasteiger partial charge in [-0.2, -0.15) is 0 Å². The van der Waals surface area contributed by atoms with E-state index in [1.807, 2.05) is 32.9 Å². The van der Waals surface area contributed by atoms with E-state index in [4.69, 9.17) is 0 Å². The van der Waals surface area contributed by atoms with Crippen molar-refractivity contribution in [3.63, 3.8) is 0 Å². The standard InChI is InChI=1S/C29H40FN3O4S/c1-5-26(29(35)31-25-11-6-7-12-25)32(20-23-15-17-24(30)18-16-23)28(34)14-9-19-33(38(4,36)37)27-13-8-10-21(2)22(27)3/h8,10,13,15-18,25-26H,5-7,9,11-12,14,19-20H2,1-4H3,(H,31,35). The lowest BCUT2D eigenvalue weighted by Crippen LogP contribution is -2.51. The predicted molar refractivity (Wildman–Crippen MR) is 149 cm³/mol. The van der Waals surface area contributed by atoms with Gasteiger partial charge in [0, 0.05) is 25.6 Å². The largest absolute Gasteiger partial charge is 0.352 e. The smallest absolute Gasteiger partial charge is 0.243 e. The van der Waals surface area contributed by atoms with E-state index in [0.717, 1.165) is 48.6 Å². The summed E-state index contributed by atoms with van der Waals surface area (Å²) in [5.41, 5.74) is 3.18. The van der Waals surface area contributed by atoms with Gasteiger partial charge in [-0.25, -0.2) is 12.8 Å². The fourth-order valence-corrected chi connectivity index (χ4v) is 6.08. The van der Waals surface area contributed by atoms with Gasteiger partial charge < -0.3 is 10.2 Å². The van der Waals surface area contributed by atoms with Crippen molar-refractivity contribution in [2.45, 2.75) is 84.3 Å². The zero-order chi connectivity index (χ0) is 27.9. The van der Waals surface area contributed by atoms with Crippen LogP contribution in [0.15, 0.2) is 42.5 Å². The Morgan fingerprint density at radius 3 is 2.34 bits per heavy atom. The number of rotatable bonds is 12. The van der Waals surface area contributed by atoms with Crippen molar-refractivity contribution in [2.75, 3.05) is 17.1 Å². The number of anilines is 1. The lowest BCUT2D eigenvalue weighted by molar-refractivity contribution is -0.141. The third-order valence-electron chi connectivity index (χ3n) is 7.35. The number of sulfonamides is 1. The van der Waals surface area contributed by atoms with Crippen LogP contribution in [0.4, 0.5) is 10.1 Å². The minimum Gasteiger partial charge on any atom is -0.352 e. The molecule has 1 N–H and O–H groups in total. The second-order valence-corrected chi connectivity index (χ2v) is 12.1. The lowest BCUT2D eigenvalue weighted by atomic mass is 10.1. The highest BCUT2D eigenvalue weighted by Gasteiger charge is 2.31. The molecule has 1 atom stereocenters. The average Bonchev–Trinajstić information content (AvgIpc) is 3.37. The Morgan fingerprint density at radius 1 is 1.08 bits per heavy atom. The van der Waals surface area contributed by atoms with E-state index < -0.39 is 16.1 Å². The summed E-state index contributed by atoms with van der Waals surface area (Å²) in [4.78, 5) is 28.3. The number of amides is 2. The van der Waals surface area contributed by atoms with Crippen molar-refractivity contribution < 1.29 is 22.4 Å². The van der Waals surface area contributed by atoms with Crippen molar-refractivity contribution in [2.24, 2.45) is 0 Å². The second kappa shape index (κ2) is 13.2. The van der Waals surface area contributed by atoms with E-state index in [1.54, 1.807) is 23.1 Å². The van der Waals surface area contributed by atoms with Crippen LogP contribution in [0.1, 0.15) is 68.6 Å². The molecule has 3 rings (SSSR count). The first-order chi connectivity index (χ1) is 18.0. The molecule has 0 spiro atoms. The van der Waals surface area contributed by atoms with E-state index in [-0.39, 0.29) is 43.2 Å². The third kappa shape index (κ3) is 7.79. The highest BCUT2D eigenvalue weighted by Crippen LogP contribution is 2.26. The fourth-order valence-electron chi connectivity index (χ4n) is 5.06. The molecule has 208 valence electrons. The van der Waals surface area contributed by atoms with Crippen molar-refractivity contribution >= 4 is 27.5 Å². The van der Waals surface area contributed by atoms with Gasteiger partial charge in [0.15, 0.2) is 0 Å². The van der Waals surface area contributed by atoms with Crippen LogP contribution in [0.5, 0.6) is 0 Å². The molecule has 2 aromatic carbocycles. The van der Waals surface area contributed by atoms with Crippen LogP contribution < -0.4 is 9.62 Å². The van der Waals surface area contributed by atoms with Gasteiger partial charge in [0.2, 0.25) is 21.8 Å². The molecule has 0 aromatic heterocycles. The number of hydrogen-bond donors (Lipinski definition) is 1. The van der Waals surface area contributed by atoms with Gasteiger partial charge in [0.1, 0.15) is 11.9 Å². The highest BCUT2D eigenvalue weighted by atomic mass is 32.2. The van der Waals surface area contributed by atoms with Crippen LogP contribution in [0.3, 0.4) is 0 Å². The molecule has 0 saturated heterocycles. The lowest BCUT2D eigenvalue weighted by Gasteiger charge is -2.32. The van der Waals surface area contributed by atoms with E-state index in [0.29, 0.717) is 18.5 Å². The Labute approximate surface area is 226 Å².